The van der Waals surface area contributed by atoms with Crippen molar-refractivity contribution in [1.82, 2.24) is 15.4 Å². The lowest BCUT2D eigenvalue weighted by molar-refractivity contribution is 0.191. The molecule has 0 spiro atoms. The summed E-state index contributed by atoms with van der Waals surface area (Å²) in [6.45, 7) is 0.416. The van der Waals surface area contributed by atoms with E-state index in [1.165, 1.54) is 24.0 Å². The molecule has 2 aromatic rings. The predicted octanol–water partition coefficient (Wildman–Crippen LogP) is 2.86. The second kappa shape index (κ2) is 5.72. The van der Waals surface area contributed by atoms with Gasteiger partial charge in [-0.2, -0.15) is 0 Å². The molecule has 1 aromatic heterocycles. The van der Waals surface area contributed by atoms with Gasteiger partial charge in [-0.3, -0.25) is 0 Å². The van der Waals surface area contributed by atoms with Crippen LogP contribution in [-0.4, -0.2) is 29.2 Å². The van der Waals surface area contributed by atoms with Crippen molar-refractivity contribution in [2.75, 3.05) is 7.05 Å². The summed E-state index contributed by atoms with van der Waals surface area (Å²) in [4.78, 5) is 14.2. The minimum atomic E-state index is -0.0567. The summed E-state index contributed by atoms with van der Waals surface area (Å²) in [5, 5.41) is 6.97. The number of amides is 2. The minimum Gasteiger partial charge on any atom is -0.361 e. The maximum Gasteiger partial charge on any atom is 0.317 e. The van der Waals surface area contributed by atoms with E-state index in [2.05, 4.69) is 34.7 Å². The van der Waals surface area contributed by atoms with Crippen LogP contribution < -0.4 is 5.32 Å². The Balaban J connectivity index is 1.32. The van der Waals surface area contributed by atoms with Gasteiger partial charge in [0.2, 0.25) is 0 Å². The Morgan fingerprint density at radius 1 is 1.30 bits per heavy atom. The Labute approximate surface area is 135 Å². The van der Waals surface area contributed by atoms with Crippen LogP contribution in [0.15, 0.2) is 34.9 Å². The molecule has 1 heterocycles. The highest BCUT2D eigenvalue weighted by Gasteiger charge is 2.29. The molecule has 1 fully saturated rings. The van der Waals surface area contributed by atoms with Crippen LogP contribution in [0, 0.1) is 0 Å². The first-order valence-electron chi connectivity index (χ1n) is 8.23. The highest BCUT2D eigenvalue weighted by atomic mass is 16.5. The van der Waals surface area contributed by atoms with Crippen molar-refractivity contribution in [2.45, 2.75) is 44.2 Å². The number of rotatable bonds is 4. The number of hydrogen-bond acceptors (Lipinski definition) is 3. The molecule has 2 aliphatic carbocycles. The van der Waals surface area contributed by atoms with Gasteiger partial charge in [-0.25, -0.2) is 4.79 Å². The van der Waals surface area contributed by atoms with Crippen LogP contribution in [0.2, 0.25) is 0 Å². The van der Waals surface area contributed by atoms with Gasteiger partial charge in [-0.1, -0.05) is 29.4 Å². The molecule has 4 rings (SSSR count). The molecule has 5 nitrogen and oxygen atoms in total. The molecule has 2 amide bonds. The van der Waals surface area contributed by atoms with E-state index in [-0.39, 0.29) is 12.1 Å². The lowest BCUT2D eigenvalue weighted by atomic mass is 10.1. The molecule has 1 aromatic carbocycles. The smallest absolute Gasteiger partial charge is 0.317 e. The second-order valence-electron chi connectivity index (χ2n) is 6.60. The third kappa shape index (κ3) is 2.96. The summed E-state index contributed by atoms with van der Waals surface area (Å²) in [7, 11) is 1.87. The zero-order valence-corrected chi connectivity index (χ0v) is 13.3. The topological polar surface area (TPSA) is 58.4 Å². The molecule has 0 radical (unpaired) electrons. The molecule has 23 heavy (non-hydrogen) atoms. The number of hydrogen-bond donors (Lipinski definition) is 1. The summed E-state index contributed by atoms with van der Waals surface area (Å²) >= 11 is 0. The lowest BCUT2D eigenvalue weighted by Gasteiger charge is -2.24. The monoisotopic (exact) mass is 311 g/mol. The van der Waals surface area contributed by atoms with Gasteiger partial charge < -0.3 is 14.7 Å². The molecule has 2 aliphatic rings. The molecule has 1 saturated carbocycles. The molecule has 0 atom stereocenters. The van der Waals surface area contributed by atoms with Crippen LogP contribution in [0.5, 0.6) is 0 Å². The van der Waals surface area contributed by atoms with E-state index >= 15 is 0 Å². The molecular weight excluding hydrogens is 290 g/mol. The van der Waals surface area contributed by atoms with Gasteiger partial charge in [0.05, 0.1) is 6.54 Å². The van der Waals surface area contributed by atoms with Crippen molar-refractivity contribution in [3.63, 3.8) is 0 Å². The molecule has 0 saturated heterocycles. The largest absolute Gasteiger partial charge is 0.361 e. The number of urea groups is 1. The average Bonchev–Trinajstić information content (AvgIpc) is 3.15. The van der Waals surface area contributed by atoms with E-state index in [1.807, 2.05) is 18.0 Å². The molecule has 120 valence electrons. The van der Waals surface area contributed by atoms with Crippen LogP contribution in [0.3, 0.4) is 0 Å². The van der Waals surface area contributed by atoms with Crippen LogP contribution in [-0.2, 0) is 19.4 Å². The molecule has 1 N–H and O–H groups in total. The highest BCUT2D eigenvalue weighted by molar-refractivity contribution is 5.74. The van der Waals surface area contributed by atoms with Gasteiger partial charge in [0.25, 0.3) is 0 Å². The van der Waals surface area contributed by atoms with Gasteiger partial charge in [0, 0.05) is 25.1 Å². The summed E-state index contributed by atoms with van der Waals surface area (Å²) in [5.41, 5.74) is 3.49. The Morgan fingerprint density at radius 2 is 2.00 bits per heavy atom. The first kappa shape index (κ1) is 14.3. The van der Waals surface area contributed by atoms with Crippen LogP contribution in [0.25, 0.3) is 0 Å². The van der Waals surface area contributed by atoms with E-state index in [0.29, 0.717) is 12.5 Å². The van der Waals surface area contributed by atoms with Crippen molar-refractivity contribution in [2.24, 2.45) is 0 Å². The van der Waals surface area contributed by atoms with Gasteiger partial charge in [-0.05, 0) is 36.8 Å². The molecular formula is C18H21N3O2. The van der Waals surface area contributed by atoms with Crippen LogP contribution in [0.4, 0.5) is 4.79 Å². The first-order valence-corrected chi connectivity index (χ1v) is 8.23. The van der Waals surface area contributed by atoms with Crippen molar-refractivity contribution in [1.29, 1.82) is 0 Å². The Bertz CT molecular complexity index is 696. The highest BCUT2D eigenvalue weighted by Crippen LogP contribution is 2.40. The molecule has 0 bridgehead atoms. The zero-order chi connectivity index (χ0) is 15.8. The van der Waals surface area contributed by atoms with Crippen LogP contribution in [0.1, 0.15) is 41.3 Å². The van der Waals surface area contributed by atoms with E-state index in [1.54, 1.807) is 0 Å². The number of carbonyl (C=O) groups excluding carboxylic acids is 1. The SMILES string of the molecule is CN(C(=O)NCc1cc(C2CC2)on1)C1Cc2ccccc2C1. The fourth-order valence-corrected chi connectivity index (χ4v) is 3.24. The lowest BCUT2D eigenvalue weighted by Crippen LogP contribution is -2.43. The number of nitrogens with zero attached hydrogens (tertiary/aromatic N) is 2. The standard InChI is InChI=1S/C18H21N3O2/c1-21(16-8-13-4-2-3-5-14(13)9-16)18(22)19-11-15-10-17(23-20-15)12-6-7-12/h2-5,10,12,16H,6-9,11H2,1H3,(H,19,22). The third-order valence-electron chi connectivity index (χ3n) is 4.88. The van der Waals surface area contributed by atoms with Crippen LogP contribution >= 0.6 is 0 Å². The van der Waals surface area contributed by atoms with Crippen molar-refractivity contribution < 1.29 is 9.32 Å². The van der Waals surface area contributed by atoms with Gasteiger partial charge in [0.15, 0.2) is 0 Å². The normalized spacial score (nSPS) is 17.1. The Morgan fingerprint density at radius 3 is 2.65 bits per heavy atom. The average molecular weight is 311 g/mol. The third-order valence-corrected chi connectivity index (χ3v) is 4.88. The maximum atomic E-state index is 12.4. The van der Waals surface area contributed by atoms with Crippen molar-refractivity contribution in [3.8, 4) is 0 Å². The summed E-state index contributed by atoms with van der Waals surface area (Å²) in [6, 6.07) is 10.5. The van der Waals surface area contributed by atoms with E-state index in [9.17, 15) is 4.79 Å². The minimum absolute atomic E-state index is 0.0567. The van der Waals surface area contributed by atoms with Gasteiger partial charge in [0.1, 0.15) is 11.5 Å². The fraction of sp³-hybridized carbons (Fsp3) is 0.444. The molecule has 5 heteroatoms. The number of benzene rings is 1. The molecule has 0 unspecified atom stereocenters. The second-order valence-corrected chi connectivity index (χ2v) is 6.60. The molecule has 0 aliphatic heterocycles. The first-order chi connectivity index (χ1) is 11.2. The number of nitrogens with one attached hydrogen (secondary N) is 1. The fourth-order valence-electron chi connectivity index (χ4n) is 3.24. The summed E-state index contributed by atoms with van der Waals surface area (Å²) < 4.78 is 5.31. The van der Waals surface area contributed by atoms with Crippen molar-refractivity contribution in [3.05, 3.63) is 52.9 Å². The van der Waals surface area contributed by atoms with Crippen molar-refractivity contribution >= 4 is 6.03 Å². The number of likely N-dealkylation sites (N-methyl/N-ethyl adjacent to an activating group) is 1. The van der Waals surface area contributed by atoms with E-state index in [4.69, 9.17) is 4.52 Å². The Hall–Kier alpha value is -2.30. The number of aromatic nitrogens is 1. The maximum absolute atomic E-state index is 12.4. The summed E-state index contributed by atoms with van der Waals surface area (Å²) in [5.74, 6) is 1.50. The van der Waals surface area contributed by atoms with E-state index < -0.39 is 0 Å². The summed E-state index contributed by atoms with van der Waals surface area (Å²) in [6.07, 6.45) is 4.23. The number of carbonyl (C=O) groups is 1. The quantitative estimate of drug-likeness (QED) is 0.944. The zero-order valence-electron chi connectivity index (χ0n) is 13.3. The predicted molar refractivity (Wildman–Crippen MR) is 86.1 cm³/mol. The van der Waals surface area contributed by atoms with E-state index in [0.717, 1.165) is 24.3 Å². The number of fused-ring (bicyclic) bond motifs is 1. The van der Waals surface area contributed by atoms with Gasteiger partial charge >= 0.3 is 6.03 Å². The van der Waals surface area contributed by atoms with Gasteiger partial charge in [-0.15, -0.1) is 0 Å². The Kier molecular flexibility index (Phi) is 3.56.